The van der Waals surface area contributed by atoms with Crippen molar-refractivity contribution < 1.29 is 14.4 Å². The third kappa shape index (κ3) is 4.13. The Hall–Kier alpha value is -3.52. The molecule has 4 rings (SSSR count). The van der Waals surface area contributed by atoms with Crippen LogP contribution in [0.2, 0.25) is 0 Å². The van der Waals surface area contributed by atoms with Crippen LogP contribution in [0.1, 0.15) is 28.5 Å². The highest BCUT2D eigenvalue weighted by Crippen LogP contribution is 2.41. The van der Waals surface area contributed by atoms with Gasteiger partial charge in [0.25, 0.3) is 0 Å². The van der Waals surface area contributed by atoms with Crippen molar-refractivity contribution in [2.45, 2.75) is 11.6 Å². The van der Waals surface area contributed by atoms with E-state index in [9.17, 15) is 4.79 Å². The summed E-state index contributed by atoms with van der Waals surface area (Å²) in [7, 11) is 1.41. The maximum absolute atomic E-state index is 12.0. The molecule has 7 heteroatoms. The maximum Gasteiger partial charge on any atom is 0.360 e. The average Bonchev–Trinajstić information content (AvgIpc) is 3.32. The SMILES string of the molecule is COC(C(=O)ON)c1csc(NC(c2ccccc2)(c2ccccc2)c2ccccc2)n1. The summed E-state index contributed by atoms with van der Waals surface area (Å²) in [5, 5.41) is 6.06. The van der Waals surface area contributed by atoms with Crippen LogP contribution in [-0.4, -0.2) is 18.1 Å². The highest BCUT2D eigenvalue weighted by Gasteiger charge is 2.37. The number of nitrogens with zero attached hydrogens (tertiary/aromatic N) is 1. The van der Waals surface area contributed by atoms with Crippen molar-refractivity contribution in [1.29, 1.82) is 0 Å². The molecule has 162 valence electrons. The predicted octanol–water partition coefficient (Wildman–Crippen LogP) is 4.65. The molecular weight excluding hydrogens is 422 g/mol. The van der Waals surface area contributed by atoms with Crippen molar-refractivity contribution in [2.24, 2.45) is 5.90 Å². The summed E-state index contributed by atoms with van der Waals surface area (Å²) in [6, 6.07) is 30.6. The van der Waals surface area contributed by atoms with E-state index in [1.165, 1.54) is 18.4 Å². The number of aromatic nitrogens is 1. The molecule has 0 aliphatic carbocycles. The molecule has 1 aromatic heterocycles. The minimum atomic E-state index is -0.994. The highest BCUT2D eigenvalue weighted by molar-refractivity contribution is 7.13. The Morgan fingerprint density at radius 3 is 1.78 bits per heavy atom. The smallest absolute Gasteiger partial charge is 0.360 e. The first-order chi connectivity index (χ1) is 15.7. The van der Waals surface area contributed by atoms with Gasteiger partial charge in [-0.3, -0.25) is 0 Å². The molecule has 0 spiro atoms. The average molecular weight is 446 g/mol. The maximum atomic E-state index is 12.0. The van der Waals surface area contributed by atoms with Gasteiger partial charge in [0.2, 0.25) is 0 Å². The van der Waals surface area contributed by atoms with E-state index in [0.29, 0.717) is 10.8 Å². The quantitative estimate of drug-likeness (QED) is 0.303. The van der Waals surface area contributed by atoms with Gasteiger partial charge in [0.15, 0.2) is 11.2 Å². The molecule has 0 aliphatic rings. The van der Waals surface area contributed by atoms with E-state index in [2.05, 4.69) is 51.5 Å². The minimum Gasteiger partial charge on any atom is -0.371 e. The molecule has 32 heavy (non-hydrogen) atoms. The molecule has 1 heterocycles. The van der Waals surface area contributed by atoms with Crippen molar-refractivity contribution in [3.8, 4) is 0 Å². The van der Waals surface area contributed by atoms with Crippen molar-refractivity contribution in [2.75, 3.05) is 12.4 Å². The molecule has 0 amide bonds. The number of methoxy groups -OCH3 is 1. The number of carbonyl (C=O) groups excluding carboxylic acids is 1. The lowest BCUT2D eigenvalue weighted by Crippen LogP contribution is -2.38. The lowest BCUT2D eigenvalue weighted by Gasteiger charge is -2.36. The number of anilines is 1. The van der Waals surface area contributed by atoms with Crippen LogP contribution >= 0.6 is 11.3 Å². The second kappa shape index (κ2) is 9.74. The van der Waals surface area contributed by atoms with E-state index in [-0.39, 0.29) is 0 Å². The van der Waals surface area contributed by atoms with Gasteiger partial charge in [0, 0.05) is 12.5 Å². The van der Waals surface area contributed by atoms with E-state index in [0.717, 1.165) is 16.7 Å². The zero-order valence-corrected chi connectivity index (χ0v) is 18.3. The number of thiazole rings is 1. The first-order valence-electron chi connectivity index (χ1n) is 10.0. The number of carbonyl (C=O) groups is 1. The number of nitrogens with two attached hydrogens (primary N) is 1. The van der Waals surface area contributed by atoms with E-state index in [1.54, 1.807) is 5.38 Å². The van der Waals surface area contributed by atoms with E-state index in [4.69, 9.17) is 10.6 Å². The van der Waals surface area contributed by atoms with Gasteiger partial charge in [0.1, 0.15) is 5.54 Å². The van der Waals surface area contributed by atoms with Crippen LogP contribution in [-0.2, 0) is 19.9 Å². The topological polar surface area (TPSA) is 86.5 Å². The molecule has 1 atom stereocenters. The number of rotatable bonds is 8. The minimum absolute atomic E-state index is 0.429. The zero-order valence-electron chi connectivity index (χ0n) is 17.5. The molecular formula is C25H23N3O3S. The van der Waals surface area contributed by atoms with E-state index in [1.807, 2.05) is 54.6 Å². The molecule has 6 nitrogen and oxygen atoms in total. The normalized spacial score (nSPS) is 12.2. The second-order valence-electron chi connectivity index (χ2n) is 7.10. The molecule has 1 unspecified atom stereocenters. The lowest BCUT2D eigenvalue weighted by molar-refractivity contribution is -0.156. The van der Waals surface area contributed by atoms with Crippen LogP contribution in [0.5, 0.6) is 0 Å². The Bertz CT molecular complexity index is 1050. The van der Waals surface area contributed by atoms with Crippen molar-refractivity contribution >= 4 is 22.4 Å². The number of ether oxygens (including phenoxy) is 1. The number of benzene rings is 3. The van der Waals surface area contributed by atoms with Crippen molar-refractivity contribution in [1.82, 2.24) is 4.98 Å². The fraction of sp³-hybridized carbons (Fsp3) is 0.120. The Morgan fingerprint density at radius 2 is 1.38 bits per heavy atom. The first-order valence-corrected chi connectivity index (χ1v) is 10.9. The van der Waals surface area contributed by atoms with Gasteiger partial charge < -0.3 is 14.9 Å². The van der Waals surface area contributed by atoms with E-state index < -0.39 is 17.6 Å². The van der Waals surface area contributed by atoms with Gasteiger partial charge in [-0.05, 0) is 16.7 Å². The van der Waals surface area contributed by atoms with Crippen LogP contribution in [0.3, 0.4) is 0 Å². The van der Waals surface area contributed by atoms with Crippen molar-refractivity contribution in [3.63, 3.8) is 0 Å². The number of hydrogen-bond donors (Lipinski definition) is 2. The first kappa shape index (κ1) is 21.7. The Kier molecular flexibility index (Phi) is 6.61. The van der Waals surface area contributed by atoms with Crippen molar-refractivity contribution in [3.05, 3.63) is 119 Å². The van der Waals surface area contributed by atoms with Crippen LogP contribution in [0.25, 0.3) is 0 Å². The fourth-order valence-corrected chi connectivity index (χ4v) is 4.58. The van der Waals surface area contributed by atoms with Gasteiger partial charge >= 0.3 is 5.97 Å². The van der Waals surface area contributed by atoms with Gasteiger partial charge in [-0.25, -0.2) is 9.78 Å². The predicted molar refractivity (Wildman–Crippen MR) is 125 cm³/mol. The van der Waals surface area contributed by atoms with Crippen LogP contribution in [0, 0.1) is 0 Å². The standard InChI is InChI=1S/C25H23N3O3S/c1-30-22(23(29)31-26)21-17-32-24(27-21)28-25(18-11-5-2-6-12-18,19-13-7-3-8-14-19)20-15-9-4-10-16-20/h2-17,22H,26H2,1H3,(H,27,28). The molecule has 3 N–H and O–H groups in total. The molecule has 4 aromatic rings. The molecule has 0 fully saturated rings. The largest absolute Gasteiger partial charge is 0.371 e. The molecule has 0 saturated carbocycles. The summed E-state index contributed by atoms with van der Waals surface area (Å²) in [5.41, 5.74) is 2.88. The second-order valence-corrected chi connectivity index (χ2v) is 7.96. The van der Waals surface area contributed by atoms with Gasteiger partial charge in [-0.2, -0.15) is 5.90 Å². The fourth-order valence-electron chi connectivity index (χ4n) is 3.80. The summed E-state index contributed by atoms with van der Waals surface area (Å²) in [5.74, 6) is 4.35. The summed E-state index contributed by atoms with van der Waals surface area (Å²) in [6.45, 7) is 0. The number of hydrogen-bond acceptors (Lipinski definition) is 7. The van der Waals surface area contributed by atoms with Crippen LogP contribution in [0.4, 0.5) is 5.13 Å². The third-order valence-electron chi connectivity index (χ3n) is 5.27. The van der Waals surface area contributed by atoms with Gasteiger partial charge in [0.05, 0.1) is 5.69 Å². The Balaban J connectivity index is 1.87. The summed E-state index contributed by atoms with van der Waals surface area (Å²) >= 11 is 1.38. The van der Waals surface area contributed by atoms with Gasteiger partial charge in [-0.1, -0.05) is 91.0 Å². The molecule has 0 aliphatic heterocycles. The molecule has 0 saturated heterocycles. The third-order valence-corrected chi connectivity index (χ3v) is 6.05. The van der Waals surface area contributed by atoms with Crippen LogP contribution < -0.4 is 11.2 Å². The summed E-state index contributed by atoms with van der Waals surface area (Å²) < 4.78 is 5.25. The number of nitrogens with one attached hydrogen (secondary N) is 1. The monoisotopic (exact) mass is 445 g/mol. The highest BCUT2D eigenvalue weighted by atomic mass is 32.1. The van der Waals surface area contributed by atoms with Crippen LogP contribution in [0.15, 0.2) is 96.4 Å². The molecule has 3 aromatic carbocycles. The summed E-state index contributed by atoms with van der Waals surface area (Å²) in [6.07, 6.45) is -0.994. The van der Waals surface area contributed by atoms with E-state index >= 15 is 0 Å². The molecule has 0 radical (unpaired) electrons. The Morgan fingerprint density at radius 1 is 0.906 bits per heavy atom. The molecule has 0 bridgehead atoms. The lowest BCUT2D eigenvalue weighted by atomic mass is 9.77. The van der Waals surface area contributed by atoms with Gasteiger partial charge in [-0.15, -0.1) is 11.3 Å². The zero-order chi connectivity index (χ0) is 22.4. The Labute approximate surface area is 190 Å². The summed E-state index contributed by atoms with van der Waals surface area (Å²) in [4.78, 5) is 21.0.